The Morgan fingerprint density at radius 3 is 1.97 bits per heavy atom. The van der Waals surface area contributed by atoms with Gasteiger partial charge >= 0.3 is 11.9 Å². The molecule has 5 unspecified atom stereocenters. The number of hydrogen-bond acceptors (Lipinski definition) is 9. The third-order valence-electron chi connectivity index (χ3n) is 4.11. The minimum absolute atomic E-state index is 0.322. The van der Waals surface area contributed by atoms with E-state index in [4.69, 9.17) is 21.1 Å². The van der Waals surface area contributed by atoms with E-state index in [1.165, 1.54) is 18.7 Å². The fourth-order valence-electron chi connectivity index (χ4n) is 2.30. The summed E-state index contributed by atoms with van der Waals surface area (Å²) in [5, 5.41) is 43.2. The lowest BCUT2D eigenvalue weighted by Crippen LogP contribution is -2.60. The molecule has 0 aliphatic carbocycles. The number of carbonyl (C=O) groups is 5. The Hall–Kier alpha value is -2.42. The third-order valence-corrected chi connectivity index (χ3v) is 4.75. The molecule has 13 nitrogen and oxygen atoms in total. The number of nitrogens with two attached hydrogens (primary N) is 1. The van der Waals surface area contributed by atoms with E-state index in [0.717, 1.165) is 0 Å². The number of rotatable bonds is 15. The monoisotopic (exact) mass is 466 g/mol. The van der Waals surface area contributed by atoms with E-state index in [1.54, 1.807) is 0 Å². The average molecular weight is 467 g/mol. The van der Waals surface area contributed by atoms with Gasteiger partial charge in [0.15, 0.2) is 0 Å². The first kappa shape index (κ1) is 28.6. The van der Waals surface area contributed by atoms with Gasteiger partial charge in [-0.05, 0) is 31.8 Å². The first-order valence-corrected chi connectivity index (χ1v) is 10.7. The van der Waals surface area contributed by atoms with Crippen LogP contribution in [-0.4, -0.2) is 99.0 Å². The molecule has 0 aromatic heterocycles. The number of aliphatic hydroxyl groups excluding tert-OH is 2. The molecule has 0 aromatic rings. The van der Waals surface area contributed by atoms with Crippen LogP contribution >= 0.6 is 11.8 Å². The van der Waals surface area contributed by atoms with E-state index in [2.05, 4.69) is 10.6 Å². The molecule has 0 saturated heterocycles. The Morgan fingerprint density at radius 1 is 0.935 bits per heavy atom. The fraction of sp³-hybridized carbons (Fsp3) is 0.706. The Kier molecular flexibility index (Phi) is 13.4. The van der Waals surface area contributed by atoms with Gasteiger partial charge in [-0.1, -0.05) is 0 Å². The van der Waals surface area contributed by atoms with Gasteiger partial charge in [0.25, 0.3) is 0 Å². The summed E-state index contributed by atoms with van der Waals surface area (Å²) >= 11 is 1.47. The topological polar surface area (TPSA) is 228 Å². The van der Waals surface area contributed by atoms with Gasteiger partial charge in [0.1, 0.15) is 18.1 Å². The van der Waals surface area contributed by atoms with Gasteiger partial charge in [-0.25, -0.2) is 4.79 Å². The van der Waals surface area contributed by atoms with E-state index in [-0.39, 0.29) is 0 Å². The second-order valence-corrected chi connectivity index (χ2v) is 7.68. The Morgan fingerprint density at radius 2 is 1.52 bits per heavy atom. The SMILES string of the molecule is CSCCC(N)C(=O)NC(C(=O)NC(CCC(=O)O)C(=O)NC(CO)C(=O)O)C(C)O. The van der Waals surface area contributed by atoms with E-state index >= 15 is 0 Å². The fourth-order valence-corrected chi connectivity index (χ4v) is 2.79. The molecule has 5 atom stereocenters. The normalized spacial score (nSPS) is 15.6. The standard InChI is InChI=1S/C17H30N4O9S/c1-8(23)13(21-14(26)9(18)5-6-31-2)16(28)19-10(3-4-12(24)25)15(27)20-11(7-22)17(29)30/h8-11,13,22-23H,3-7,18H2,1-2H3,(H,19,28)(H,20,27)(H,21,26)(H,24,25)(H,29,30). The molecule has 0 aromatic carbocycles. The van der Waals surface area contributed by atoms with Gasteiger partial charge in [0.05, 0.1) is 18.8 Å². The highest BCUT2D eigenvalue weighted by atomic mass is 32.2. The van der Waals surface area contributed by atoms with Crippen LogP contribution in [0.2, 0.25) is 0 Å². The van der Waals surface area contributed by atoms with Crippen molar-refractivity contribution in [1.29, 1.82) is 0 Å². The second-order valence-electron chi connectivity index (χ2n) is 6.69. The maximum absolute atomic E-state index is 12.6. The Bertz CT molecular complexity index is 647. The first-order valence-electron chi connectivity index (χ1n) is 9.33. The lowest BCUT2D eigenvalue weighted by Gasteiger charge is -2.26. The molecular formula is C17H30N4O9S. The van der Waals surface area contributed by atoms with Crippen molar-refractivity contribution < 1.29 is 44.4 Å². The van der Waals surface area contributed by atoms with E-state index in [0.29, 0.717) is 12.2 Å². The molecule has 0 bridgehead atoms. The highest BCUT2D eigenvalue weighted by molar-refractivity contribution is 7.98. The summed E-state index contributed by atoms with van der Waals surface area (Å²) in [5.41, 5.74) is 5.73. The van der Waals surface area contributed by atoms with Crippen molar-refractivity contribution in [2.75, 3.05) is 18.6 Å². The van der Waals surface area contributed by atoms with Gasteiger partial charge in [-0.2, -0.15) is 11.8 Å². The molecule has 0 saturated carbocycles. The summed E-state index contributed by atoms with van der Waals surface area (Å²) in [6.45, 7) is 0.289. The summed E-state index contributed by atoms with van der Waals surface area (Å²) in [4.78, 5) is 58.9. The maximum atomic E-state index is 12.6. The van der Waals surface area contributed by atoms with Crippen molar-refractivity contribution in [2.24, 2.45) is 5.73 Å². The summed E-state index contributed by atoms with van der Waals surface area (Å²) < 4.78 is 0. The predicted octanol–water partition coefficient (Wildman–Crippen LogP) is -3.16. The smallest absolute Gasteiger partial charge is 0.328 e. The lowest BCUT2D eigenvalue weighted by molar-refractivity contribution is -0.144. The molecule has 0 radical (unpaired) electrons. The molecule has 0 spiro atoms. The quantitative estimate of drug-likeness (QED) is 0.120. The van der Waals surface area contributed by atoms with Crippen molar-refractivity contribution in [2.45, 2.75) is 56.5 Å². The highest BCUT2D eigenvalue weighted by Crippen LogP contribution is 2.04. The summed E-state index contributed by atoms with van der Waals surface area (Å²) in [5.74, 6) is -4.97. The molecule has 9 N–H and O–H groups in total. The zero-order valence-electron chi connectivity index (χ0n) is 17.2. The molecular weight excluding hydrogens is 436 g/mol. The number of carboxylic acids is 2. The van der Waals surface area contributed by atoms with Gasteiger partial charge in [-0.3, -0.25) is 19.2 Å². The van der Waals surface area contributed by atoms with Crippen molar-refractivity contribution in [3.8, 4) is 0 Å². The molecule has 0 aliphatic rings. The molecule has 178 valence electrons. The summed E-state index contributed by atoms with van der Waals surface area (Å²) in [6.07, 6.45) is -0.185. The number of carbonyl (C=O) groups excluding carboxylic acids is 3. The zero-order valence-corrected chi connectivity index (χ0v) is 18.1. The predicted molar refractivity (Wildman–Crippen MR) is 110 cm³/mol. The Labute approximate surface area is 183 Å². The number of nitrogens with one attached hydrogen (secondary N) is 3. The maximum Gasteiger partial charge on any atom is 0.328 e. The van der Waals surface area contributed by atoms with Crippen LogP contribution in [0.25, 0.3) is 0 Å². The van der Waals surface area contributed by atoms with Gasteiger partial charge in [-0.15, -0.1) is 0 Å². The summed E-state index contributed by atoms with van der Waals surface area (Å²) in [7, 11) is 0. The molecule has 0 fully saturated rings. The number of aliphatic hydroxyl groups is 2. The van der Waals surface area contributed by atoms with Crippen LogP contribution in [-0.2, 0) is 24.0 Å². The Balaban J connectivity index is 5.35. The minimum atomic E-state index is -1.67. The van der Waals surface area contributed by atoms with Crippen LogP contribution in [0.1, 0.15) is 26.2 Å². The minimum Gasteiger partial charge on any atom is -0.481 e. The van der Waals surface area contributed by atoms with Crippen molar-refractivity contribution in [1.82, 2.24) is 16.0 Å². The van der Waals surface area contributed by atoms with E-state index in [9.17, 15) is 29.1 Å². The highest BCUT2D eigenvalue weighted by Gasteiger charge is 2.32. The average Bonchev–Trinajstić information content (AvgIpc) is 2.69. The van der Waals surface area contributed by atoms with Gasteiger partial charge in [0.2, 0.25) is 17.7 Å². The van der Waals surface area contributed by atoms with Crippen LogP contribution < -0.4 is 21.7 Å². The molecule has 31 heavy (non-hydrogen) atoms. The third kappa shape index (κ3) is 11.0. The molecule has 0 rings (SSSR count). The second kappa shape index (κ2) is 14.6. The number of thioether (sulfide) groups is 1. The van der Waals surface area contributed by atoms with Gasteiger partial charge < -0.3 is 42.1 Å². The first-order chi connectivity index (χ1) is 14.4. The van der Waals surface area contributed by atoms with Crippen molar-refractivity contribution in [3.63, 3.8) is 0 Å². The molecule has 3 amide bonds. The zero-order chi connectivity index (χ0) is 24.1. The number of amides is 3. The van der Waals surface area contributed by atoms with Crippen LogP contribution in [0.4, 0.5) is 0 Å². The molecule has 14 heteroatoms. The summed E-state index contributed by atoms with van der Waals surface area (Å²) in [6, 6.07) is -5.60. The van der Waals surface area contributed by atoms with Crippen LogP contribution in [0.3, 0.4) is 0 Å². The molecule has 0 aliphatic heterocycles. The van der Waals surface area contributed by atoms with Crippen molar-refractivity contribution >= 4 is 41.4 Å². The number of carboxylic acid groups (broad SMARTS) is 2. The van der Waals surface area contributed by atoms with Crippen molar-refractivity contribution in [3.05, 3.63) is 0 Å². The lowest BCUT2D eigenvalue weighted by atomic mass is 10.1. The molecule has 0 heterocycles. The largest absolute Gasteiger partial charge is 0.481 e. The number of aliphatic carboxylic acids is 2. The van der Waals surface area contributed by atoms with Crippen LogP contribution in [0, 0.1) is 0 Å². The van der Waals surface area contributed by atoms with E-state index in [1.807, 2.05) is 11.6 Å². The van der Waals surface area contributed by atoms with Gasteiger partial charge in [0, 0.05) is 6.42 Å². The number of hydrogen-bond donors (Lipinski definition) is 8. The van der Waals surface area contributed by atoms with Crippen LogP contribution in [0.15, 0.2) is 0 Å². The van der Waals surface area contributed by atoms with E-state index < -0.39 is 79.4 Å². The van der Waals surface area contributed by atoms with Crippen LogP contribution in [0.5, 0.6) is 0 Å².